The molecule has 1 aliphatic rings. The number of rotatable bonds is 6. The Balaban J connectivity index is 0.00000200. The lowest BCUT2D eigenvalue weighted by molar-refractivity contribution is 0.176. The summed E-state index contributed by atoms with van der Waals surface area (Å²) in [6.07, 6.45) is 3.83. The van der Waals surface area contributed by atoms with Gasteiger partial charge in [-0.25, -0.2) is 0 Å². The average Bonchev–Trinajstić information content (AvgIpc) is 2.47. The van der Waals surface area contributed by atoms with Crippen LogP contribution >= 0.6 is 0 Å². The van der Waals surface area contributed by atoms with Gasteiger partial charge in [0.25, 0.3) is 0 Å². The van der Waals surface area contributed by atoms with Crippen LogP contribution in [0.5, 0.6) is 0 Å². The van der Waals surface area contributed by atoms with Crippen molar-refractivity contribution in [2.45, 2.75) is 39.7 Å². The van der Waals surface area contributed by atoms with Crippen LogP contribution in [0.2, 0.25) is 0 Å². The Kier molecular flexibility index (Phi) is 5.87. The van der Waals surface area contributed by atoms with E-state index in [1.54, 1.807) is 0 Å². The Hall–Kier alpha value is -0.860. The van der Waals surface area contributed by atoms with Crippen LogP contribution in [-0.4, -0.2) is 31.1 Å². The predicted molar refractivity (Wildman–Crippen MR) is 84.5 cm³/mol. The van der Waals surface area contributed by atoms with E-state index in [-0.39, 0.29) is 1.43 Å². The second-order valence-corrected chi connectivity index (χ2v) is 5.70. The van der Waals surface area contributed by atoms with Gasteiger partial charge in [0.15, 0.2) is 0 Å². The molecule has 0 amide bonds. The highest BCUT2D eigenvalue weighted by molar-refractivity contribution is 5.22. The molecule has 19 heavy (non-hydrogen) atoms. The highest BCUT2D eigenvalue weighted by Crippen LogP contribution is 2.18. The van der Waals surface area contributed by atoms with Gasteiger partial charge < -0.3 is 5.32 Å². The molecular formula is C17H30N2. The standard InChI is InChI=1S/C17H28N2.H2/c1-3-15-5-7-17(8-6-15)14-19-11-9-16(10-12-19)13-18-4-2;/h5-8,16,18H,3-4,9-14H2,1-2H3;1H. The van der Waals surface area contributed by atoms with E-state index in [1.165, 1.54) is 43.6 Å². The van der Waals surface area contributed by atoms with E-state index in [0.29, 0.717) is 0 Å². The molecule has 1 aromatic rings. The molecule has 1 N–H and O–H groups in total. The lowest BCUT2D eigenvalue weighted by atomic mass is 9.96. The van der Waals surface area contributed by atoms with Crippen LogP contribution in [0.4, 0.5) is 0 Å². The van der Waals surface area contributed by atoms with Crippen molar-refractivity contribution >= 4 is 0 Å². The molecule has 0 unspecified atom stereocenters. The molecule has 0 aliphatic carbocycles. The summed E-state index contributed by atoms with van der Waals surface area (Å²) in [6.45, 7) is 10.3. The summed E-state index contributed by atoms with van der Waals surface area (Å²) >= 11 is 0. The number of hydrogen-bond acceptors (Lipinski definition) is 2. The van der Waals surface area contributed by atoms with Gasteiger partial charge in [-0.15, -0.1) is 0 Å². The molecule has 0 spiro atoms. The molecule has 1 heterocycles. The molecule has 0 saturated carbocycles. The van der Waals surface area contributed by atoms with E-state index in [9.17, 15) is 0 Å². The van der Waals surface area contributed by atoms with E-state index in [1.807, 2.05) is 0 Å². The molecule has 1 aliphatic heterocycles. The summed E-state index contributed by atoms with van der Waals surface area (Å²) in [5.41, 5.74) is 2.90. The van der Waals surface area contributed by atoms with Crippen molar-refractivity contribution in [2.24, 2.45) is 5.92 Å². The number of nitrogens with one attached hydrogen (secondary N) is 1. The molecule has 1 fully saturated rings. The molecule has 1 saturated heterocycles. The van der Waals surface area contributed by atoms with Crippen LogP contribution in [0.3, 0.4) is 0 Å². The largest absolute Gasteiger partial charge is 0.317 e. The summed E-state index contributed by atoms with van der Waals surface area (Å²) in [7, 11) is 0. The first-order chi connectivity index (χ1) is 9.31. The van der Waals surface area contributed by atoms with Crippen molar-refractivity contribution in [1.82, 2.24) is 10.2 Å². The average molecular weight is 262 g/mol. The first-order valence-corrected chi connectivity index (χ1v) is 7.82. The summed E-state index contributed by atoms with van der Waals surface area (Å²) in [6, 6.07) is 9.13. The first kappa shape index (κ1) is 14.5. The number of aryl methyl sites for hydroxylation is 1. The van der Waals surface area contributed by atoms with E-state index in [4.69, 9.17) is 0 Å². The Labute approximate surface area is 119 Å². The zero-order valence-corrected chi connectivity index (χ0v) is 12.5. The fourth-order valence-corrected chi connectivity index (χ4v) is 2.84. The van der Waals surface area contributed by atoms with Crippen molar-refractivity contribution in [3.8, 4) is 0 Å². The molecule has 2 heteroatoms. The third-order valence-electron chi connectivity index (χ3n) is 4.23. The van der Waals surface area contributed by atoms with Gasteiger partial charge in [0.2, 0.25) is 0 Å². The normalized spacial score (nSPS) is 17.8. The molecule has 108 valence electrons. The molecule has 0 radical (unpaired) electrons. The maximum Gasteiger partial charge on any atom is 0.0233 e. The quantitative estimate of drug-likeness (QED) is 0.846. The molecule has 2 nitrogen and oxygen atoms in total. The maximum atomic E-state index is 3.48. The highest BCUT2D eigenvalue weighted by Gasteiger charge is 2.18. The van der Waals surface area contributed by atoms with Gasteiger partial charge in [-0.1, -0.05) is 38.1 Å². The minimum absolute atomic E-state index is 0. The third kappa shape index (κ3) is 4.63. The van der Waals surface area contributed by atoms with E-state index < -0.39 is 0 Å². The zero-order chi connectivity index (χ0) is 13.5. The summed E-state index contributed by atoms with van der Waals surface area (Å²) in [5.74, 6) is 0.888. The van der Waals surface area contributed by atoms with Crippen LogP contribution in [0.15, 0.2) is 24.3 Å². The molecule has 0 atom stereocenters. The number of nitrogens with zero attached hydrogens (tertiary/aromatic N) is 1. The van der Waals surface area contributed by atoms with Crippen LogP contribution in [0, 0.1) is 5.92 Å². The highest BCUT2D eigenvalue weighted by atomic mass is 15.1. The van der Waals surface area contributed by atoms with Crippen LogP contribution in [0.1, 0.15) is 39.2 Å². The monoisotopic (exact) mass is 262 g/mol. The van der Waals surface area contributed by atoms with E-state index in [2.05, 4.69) is 48.3 Å². The van der Waals surface area contributed by atoms with Gasteiger partial charge in [-0.3, -0.25) is 4.90 Å². The number of likely N-dealkylation sites (tertiary alicyclic amines) is 1. The molecule has 0 aromatic heterocycles. The van der Waals surface area contributed by atoms with Gasteiger partial charge in [-0.05, 0) is 62.5 Å². The van der Waals surface area contributed by atoms with Crippen molar-refractivity contribution < 1.29 is 1.43 Å². The van der Waals surface area contributed by atoms with Crippen LogP contribution < -0.4 is 5.32 Å². The van der Waals surface area contributed by atoms with E-state index in [0.717, 1.165) is 25.4 Å². The fourth-order valence-electron chi connectivity index (χ4n) is 2.84. The smallest absolute Gasteiger partial charge is 0.0233 e. The van der Waals surface area contributed by atoms with Gasteiger partial charge >= 0.3 is 0 Å². The van der Waals surface area contributed by atoms with Crippen molar-refractivity contribution in [2.75, 3.05) is 26.2 Å². The molecule has 2 rings (SSSR count). The van der Waals surface area contributed by atoms with Crippen LogP contribution in [0.25, 0.3) is 0 Å². The maximum absolute atomic E-state index is 3.48. The summed E-state index contributed by atoms with van der Waals surface area (Å²) < 4.78 is 0. The Morgan fingerprint density at radius 3 is 2.32 bits per heavy atom. The number of piperidine rings is 1. The Morgan fingerprint density at radius 1 is 1.11 bits per heavy atom. The first-order valence-electron chi connectivity index (χ1n) is 7.82. The topological polar surface area (TPSA) is 15.3 Å². The molecule has 1 aromatic carbocycles. The molecule has 0 bridgehead atoms. The lowest BCUT2D eigenvalue weighted by Crippen LogP contribution is -2.36. The SMILES string of the molecule is CCNCC1CCN(Cc2ccc(CC)cc2)CC1.[HH]. The second kappa shape index (κ2) is 7.66. The predicted octanol–water partition coefficient (Wildman–Crippen LogP) is 3.32. The minimum atomic E-state index is 0. The van der Waals surface area contributed by atoms with Crippen molar-refractivity contribution in [3.05, 3.63) is 35.4 Å². The summed E-state index contributed by atoms with van der Waals surface area (Å²) in [5, 5.41) is 3.48. The third-order valence-corrected chi connectivity index (χ3v) is 4.23. The summed E-state index contributed by atoms with van der Waals surface area (Å²) in [4.78, 5) is 2.60. The Morgan fingerprint density at radius 2 is 1.74 bits per heavy atom. The lowest BCUT2D eigenvalue weighted by Gasteiger charge is -2.32. The van der Waals surface area contributed by atoms with Crippen molar-refractivity contribution in [3.63, 3.8) is 0 Å². The van der Waals surface area contributed by atoms with E-state index >= 15 is 0 Å². The van der Waals surface area contributed by atoms with Crippen LogP contribution in [-0.2, 0) is 13.0 Å². The number of hydrogen-bond donors (Lipinski definition) is 1. The van der Waals surface area contributed by atoms with Gasteiger partial charge in [0.05, 0.1) is 0 Å². The molecular weight excluding hydrogens is 232 g/mol. The number of benzene rings is 1. The zero-order valence-electron chi connectivity index (χ0n) is 12.5. The van der Waals surface area contributed by atoms with Gasteiger partial charge in [-0.2, -0.15) is 0 Å². The van der Waals surface area contributed by atoms with Gasteiger partial charge in [0.1, 0.15) is 0 Å². The second-order valence-electron chi connectivity index (χ2n) is 5.70. The van der Waals surface area contributed by atoms with Gasteiger partial charge in [0, 0.05) is 7.97 Å². The Bertz CT molecular complexity index is 356. The van der Waals surface area contributed by atoms with Crippen molar-refractivity contribution in [1.29, 1.82) is 0 Å². The fraction of sp³-hybridized carbons (Fsp3) is 0.647. The minimum Gasteiger partial charge on any atom is -0.317 e.